The summed E-state index contributed by atoms with van der Waals surface area (Å²) in [6, 6.07) is 0. The predicted octanol–water partition coefficient (Wildman–Crippen LogP) is 3.41. The van der Waals surface area contributed by atoms with E-state index >= 15 is 0 Å². The maximum atomic E-state index is 9.92. The average molecular weight is 479 g/mol. The highest BCUT2D eigenvalue weighted by molar-refractivity contribution is 14.0. The second kappa shape index (κ2) is 10.5. The molecule has 1 aliphatic carbocycles. The largest absolute Gasteiger partial charge is 0.396 e. The fourth-order valence-electron chi connectivity index (χ4n) is 5.07. The van der Waals surface area contributed by atoms with Gasteiger partial charge < -0.3 is 20.1 Å². The predicted molar refractivity (Wildman–Crippen MR) is 117 cm³/mol. The summed E-state index contributed by atoms with van der Waals surface area (Å²) in [4.78, 5) is 7.07. The molecule has 3 aliphatic rings. The van der Waals surface area contributed by atoms with E-state index in [9.17, 15) is 5.11 Å². The van der Waals surface area contributed by atoms with Crippen LogP contribution >= 0.6 is 24.0 Å². The minimum absolute atomic E-state index is 0. The number of ether oxygens (including phenoxy) is 1. The van der Waals surface area contributed by atoms with Crippen molar-refractivity contribution in [2.45, 2.75) is 64.2 Å². The zero-order valence-corrected chi connectivity index (χ0v) is 18.8. The van der Waals surface area contributed by atoms with Gasteiger partial charge in [0.1, 0.15) is 0 Å². The Morgan fingerprint density at radius 2 is 1.69 bits per heavy atom. The van der Waals surface area contributed by atoms with E-state index < -0.39 is 0 Å². The Morgan fingerprint density at radius 1 is 1.04 bits per heavy atom. The number of likely N-dealkylation sites (tertiary alicyclic amines) is 1. The zero-order valence-electron chi connectivity index (χ0n) is 16.5. The van der Waals surface area contributed by atoms with Crippen LogP contribution in [-0.2, 0) is 4.74 Å². The normalized spacial score (nSPS) is 26.1. The highest BCUT2D eigenvalue weighted by Gasteiger charge is 2.37. The SMILES string of the molecule is CN=C(NCC1(CO)CCOCC1)N1CCCC2(CCCCCC2)C1.I. The number of aliphatic hydroxyl groups is 1. The first-order valence-corrected chi connectivity index (χ1v) is 10.4. The van der Waals surface area contributed by atoms with Crippen molar-refractivity contribution in [3.05, 3.63) is 0 Å². The van der Waals surface area contributed by atoms with Crippen LogP contribution in [-0.4, -0.2) is 62.5 Å². The molecule has 0 atom stereocenters. The summed E-state index contributed by atoms with van der Waals surface area (Å²) in [6.07, 6.45) is 12.9. The van der Waals surface area contributed by atoms with E-state index in [1.54, 1.807) is 0 Å². The molecule has 0 aromatic heterocycles. The van der Waals surface area contributed by atoms with Crippen molar-refractivity contribution in [3.63, 3.8) is 0 Å². The summed E-state index contributed by atoms with van der Waals surface area (Å²) >= 11 is 0. The van der Waals surface area contributed by atoms with Gasteiger partial charge in [0.05, 0.1) is 6.61 Å². The lowest BCUT2D eigenvalue weighted by Crippen LogP contribution is -2.53. The maximum Gasteiger partial charge on any atom is 0.193 e. The quantitative estimate of drug-likeness (QED) is 0.370. The Balaban J connectivity index is 0.00000243. The van der Waals surface area contributed by atoms with Gasteiger partial charge in [0.2, 0.25) is 0 Å². The molecule has 2 heterocycles. The van der Waals surface area contributed by atoms with Crippen LogP contribution in [0.1, 0.15) is 64.2 Å². The second-order valence-corrected chi connectivity index (χ2v) is 8.61. The van der Waals surface area contributed by atoms with E-state index in [0.717, 1.165) is 51.6 Å². The number of nitrogens with zero attached hydrogens (tertiary/aromatic N) is 2. The number of aliphatic imine (C=N–C) groups is 1. The number of hydrogen-bond acceptors (Lipinski definition) is 3. The number of guanidine groups is 1. The highest BCUT2D eigenvalue weighted by atomic mass is 127. The Hall–Kier alpha value is -0.0800. The van der Waals surface area contributed by atoms with Crippen molar-refractivity contribution in [2.24, 2.45) is 15.8 Å². The van der Waals surface area contributed by atoms with Gasteiger partial charge in [-0.3, -0.25) is 4.99 Å². The first-order chi connectivity index (χ1) is 12.2. The Morgan fingerprint density at radius 3 is 2.31 bits per heavy atom. The van der Waals surface area contributed by atoms with Crippen LogP contribution in [0.2, 0.25) is 0 Å². The first-order valence-electron chi connectivity index (χ1n) is 10.4. The molecule has 1 spiro atoms. The van der Waals surface area contributed by atoms with Crippen LogP contribution in [0, 0.1) is 10.8 Å². The van der Waals surface area contributed by atoms with E-state index in [4.69, 9.17) is 4.74 Å². The van der Waals surface area contributed by atoms with E-state index in [1.807, 2.05) is 7.05 Å². The molecule has 152 valence electrons. The van der Waals surface area contributed by atoms with Crippen LogP contribution in [0.25, 0.3) is 0 Å². The van der Waals surface area contributed by atoms with E-state index in [2.05, 4.69) is 15.2 Å². The molecule has 0 amide bonds. The fraction of sp³-hybridized carbons (Fsp3) is 0.950. The van der Waals surface area contributed by atoms with Crippen LogP contribution in [0.3, 0.4) is 0 Å². The van der Waals surface area contributed by atoms with Crippen LogP contribution in [0.15, 0.2) is 4.99 Å². The van der Waals surface area contributed by atoms with Gasteiger partial charge >= 0.3 is 0 Å². The van der Waals surface area contributed by atoms with Gasteiger partial charge in [-0.05, 0) is 43.9 Å². The summed E-state index contributed by atoms with van der Waals surface area (Å²) < 4.78 is 5.48. The number of nitrogens with one attached hydrogen (secondary N) is 1. The number of hydrogen-bond donors (Lipinski definition) is 2. The number of piperidine rings is 1. The van der Waals surface area contributed by atoms with Gasteiger partial charge in [0, 0.05) is 45.3 Å². The summed E-state index contributed by atoms with van der Waals surface area (Å²) in [7, 11) is 1.90. The second-order valence-electron chi connectivity index (χ2n) is 8.61. The van der Waals surface area contributed by atoms with Gasteiger partial charge in [-0.2, -0.15) is 0 Å². The average Bonchev–Trinajstić information content (AvgIpc) is 2.88. The summed E-state index contributed by atoms with van der Waals surface area (Å²) in [5.41, 5.74) is 0.462. The van der Waals surface area contributed by atoms with Crippen LogP contribution in [0.4, 0.5) is 0 Å². The molecule has 0 bridgehead atoms. The standard InChI is InChI=1S/C20H37N3O2.HI/c1-21-18(22-15-20(17-24)10-13-25-14-11-20)23-12-6-9-19(16-23)7-4-2-3-5-8-19;/h24H,2-17H2,1H3,(H,21,22);1H. The number of aliphatic hydroxyl groups excluding tert-OH is 1. The van der Waals surface area contributed by atoms with Gasteiger partial charge in [-0.25, -0.2) is 0 Å². The molecule has 3 fully saturated rings. The van der Waals surface area contributed by atoms with Gasteiger partial charge in [-0.1, -0.05) is 25.7 Å². The lowest BCUT2D eigenvalue weighted by molar-refractivity contribution is -0.0136. The molecule has 0 radical (unpaired) electrons. The van der Waals surface area contributed by atoms with Crippen LogP contribution in [0.5, 0.6) is 0 Å². The maximum absolute atomic E-state index is 9.92. The van der Waals surface area contributed by atoms with Crippen molar-refractivity contribution < 1.29 is 9.84 Å². The molecule has 3 rings (SSSR count). The van der Waals surface area contributed by atoms with Crippen LogP contribution < -0.4 is 5.32 Å². The molecule has 2 N–H and O–H groups in total. The molecule has 0 aromatic rings. The minimum Gasteiger partial charge on any atom is -0.396 e. The molecular formula is C20H38IN3O2. The van der Waals surface area contributed by atoms with Crippen molar-refractivity contribution in [1.29, 1.82) is 0 Å². The molecule has 6 heteroatoms. The minimum atomic E-state index is -0.0516. The lowest BCUT2D eigenvalue weighted by Gasteiger charge is -2.44. The molecule has 1 saturated carbocycles. The van der Waals surface area contributed by atoms with E-state index in [0.29, 0.717) is 5.41 Å². The molecule has 2 aliphatic heterocycles. The van der Waals surface area contributed by atoms with E-state index in [1.165, 1.54) is 51.4 Å². The van der Waals surface area contributed by atoms with Crippen molar-refractivity contribution in [2.75, 3.05) is 46.5 Å². The fourth-order valence-corrected chi connectivity index (χ4v) is 5.07. The zero-order chi connectivity index (χ0) is 17.6. The van der Waals surface area contributed by atoms with Gasteiger partial charge in [-0.15, -0.1) is 24.0 Å². The molecule has 0 aromatic carbocycles. The third-order valence-corrected chi connectivity index (χ3v) is 6.85. The van der Waals surface area contributed by atoms with E-state index in [-0.39, 0.29) is 36.0 Å². The van der Waals surface area contributed by atoms with Crippen molar-refractivity contribution >= 4 is 29.9 Å². The van der Waals surface area contributed by atoms with Crippen molar-refractivity contribution in [1.82, 2.24) is 10.2 Å². The molecule has 26 heavy (non-hydrogen) atoms. The highest BCUT2D eigenvalue weighted by Crippen LogP contribution is 2.42. The summed E-state index contributed by atoms with van der Waals surface area (Å²) in [5, 5.41) is 13.5. The van der Waals surface area contributed by atoms with Crippen molar-refractivity contribution in [3.8, 4) is 0 Å². The Bertz CT molecular complexity index is 444. The Kier molecular flexibility index (Phi) is 8.94. The molecule has 5 nitrogen and oxygen atoms in total. The number of rotatable bonds is 3. The summed E-state index contributed by atoms with van der Waals surface area (Å²) in [5.74, 6) is 1.03. The first kappa shape index (κ1) is 22.2. The lowest BCUT2D eigenvalue weighted by atomic mass is 9.74. The number of halogens is 1. The third kappa shape index (κ3) is 5.47. The molecule has 0 unspecified atom stereocenters. The van der Waals surface area contributed by atoms with Gasteiger partial charge in [0.15, 0.2) is 5.96 Å². The third-order valence-electron chi connectivity index (χ3n) is 6.85. The van der Waals surface area contributed by atoms with Gasteiger partial charge in [0.25, 0.3) is 0 Å². The molecule has 2 saturated heterocycles. The monoisotopic (exact) mass is 479 g/mol. The Labute approximate surface area is 176 Å². The molecular weight excluding hydrogens is 441 g/mol. The summed E-state index contributed by atoms with van der Waals surface area (Å²) in [6.45, 7) is 4.80. The topological polar surface area (TPSA) is 57.1 Å². The smallest absolute Gasteiger partial charge is 0.193 e.